The van der Waals surface area contributed by atoms with Crippen molar-refractivity contribution in [1.82, 2.24) is 5.32 Å². The molecule has 23 heavy (non-hydrogen) atoms. The molecule has 0 atom stereocenters. The minimum Gasteiger partial charge on any atom is -0.352 e. The number of hydrogen-bond donors (Lipinski definition) is 2. The second-order valence-corrected chi connectivity index (χ2v) is 5.43. The van der Waals surface area contributed by atoms with Crippen molar-refractivity contribution in [2.24, 2.45) is 0 Å². The molecule has 2 N–H and O–H groups in total. The molecule has 0 radical (unpaired) electrons. The van der Waals surface area contributed by atoms with Gasteiger partial charge in [-0.05, 0) is 37.1 Å². The summed E-state index contributed by atoms with van der Waals surface area (Å²) in [6, 6.07) is 15.1. The third-order valence-electron chi connectivity index (χ3n) is 3.59. The summed E-state index contributed by atoms with van der Waals surface area (Å²) in [4.78, 5) is 24.0. The molecule has 0 bridgehead atoms. The van der Waals surface area contributed by atoms with Crippen LogP contribution in [0.5, 0.6) is 0 Å². The topological polar surface area (TPSA) is 58.2 Å². The van der Waals surface area contributed by atoms with Crippen LogP contribution in [0.15, 0.2) is 48.5 Å². The number of para-hydroxylation sites is 1. The molecule has 4 nitrogen and oxygen atoms in total. The maximum absolute atomic E-state index is 12.0. The van der Waals surface area contributed by atoms with Crippen molar-refractivity contribution < 1.29 is 9.59 Å². The normalized spacial score (nSPS) is 10.2. The molecule has 0 heterocycles. The minimum absolute atomic E-state index is 0.101. The zero-order valence-electron chi connectivity index (χ0n) is 13.6. The van der Waals surface area contributed by atoms with Crippen molar-refractivity contribution in [3.63, 3.8) is 0 Å². The summed E-state index contributed by atoms with van der Waals surface area (Å²) in [7, 11) is 0. The first kappa shape index (κ1) is 16.7. The smallest absolute Gasteiger partial charge is 0.251 e. The number of anilines is 1. The minimum atomic E-state index is -0.157. The number of amides is 2. The Morgan fingerprint density at radius 3 is 2.57 bits per heavy atom. The summed E-state index contributed by atoms with van der Waals surface area (Å²) in [6.07, 6.45) is 1.11. The lowest BCUT2D eigenvalue weighted by Crippen LogP contribution is -2.27. The fourth-order valence-electron chi connectivity index (χ4n) is 2.34. The number of carbonyl (C=O) groups is 2. The van der Waals surface area contributed by atoms with E-state index in [1.165, 1.54) is 0 Å². The Hall–Kier alpha value is -2.62. The van der Waals surface area contributed by atoms with Crippen molar-refractivity contribution in [3.05, 3.63) is 65.2 Å². The van der Waals surface area contributed by atoms with Crippen molar-refractivity contribution in [2.45, 2.75) is 26.7 Å². The van der Waals surface area contributed by atoms with Crippen molar-refractivity contribution in [3.8, 4) is 0 Å². The molecule has 2 aromatic rings. The van der Waals surface area contributed by atoms with Crippen LogP contribution >= 0.6 is 0 Å². The maximum Gasteiger partial charge on any atom is 0.251 e. The van der Waals surface area contributed by atoms with Gasteiger partial charge in [0.15, 0.2) is 0 Å². The van der Waals surface area contributed by atoms with E-state index in [9.17, 15) is 9.59 Å². The lowest BCUT2D eigenvalue weighted by Gasteiger charge is -2.10. The molecule has 120 valence electrons. The first-order chi connectivity index (χ1) is 11.1. The summed E-state index contributed by atoms with van der Waals surface area (Å²) in [5.74, 6) is -0.258. The van der Waals surface area contributed by atoms with E-state index in [1.54, 1.807) is 6.07 Å². The second kappa shape index (κ2) is 8.13. The molecule has 4 heteroatoms. The van der Waals surface area contributed by atoms with Crippen LogP contribution in [0.4, 0.5) is 5.69 Å². The Kier molecular flexibility index (Phi) is 5.92. The molecule has 0 spiro atoms. The molecule has 2 aromatic carbocycles. The molecule has 2 amide bonds. The molecule has 2 rings (SSSR count). The average Bonchev–Trinajstić information content (AvgIpc) is 2.55. The van der Waals surface area contributed by atoms with E-state index in [2.05, 4.69) is 10.6 Å². The highest BCUT2D eigenvalue weighted by Gasteiger charge is 2.08. The zero-order chi connectivity index (χ0) is 16.7. The third-order valence-corrected chi connectivity index (χ3v) is 3.59. The number of carbonyl (C=O) groups excluding carboxylic acids is 2. The van der Waals surface area contributed by atoms with Crippen LogP contribution < -0.4 is 10.6 Å². The van der Waals surface area contributed by atoms with Crippen LogP contribution in [0, 0.1) is 6.92 Å². The highest BCUT2D eigenvalue weighted by molar-refractivity contribution is 5.95. The largest absolute Gasteiger partial charge is 0.352 e. The van der Waals surface area contributed by atoms with E-state index in [-0.39, 0.29) is 18.2 Å². The van der Waals surface area contributed by atoms with Gasteiger partial charge in [-0.2, -0.15) is 0 Å². The van der Waals surface area contributed by atoms with Gasteiger partial charge in [0.1, 0.15) is 0 Å². The molecule has 0 aliphatic carbocycles. The summed E-state index contributed by atoms with van der Waals surface area (Å²) in [5, 5.41) is 5.67. The fraction of sp³-hybridized carbons (Fsp3) is 0.263. The lowest BCUT2D eigenvalue weighted by molar-refractivity contribution is -0.116. The standard InChI is InChI=1S/C19H22N2O2/c1-3-15-8-4-5-10-17(15)21-18(22)11-12-20-19(23)16-9-6-7-14(2)13-16/h4-10,13H,3,11-12H2,1-2H3,(H,20,23)(H,21,22). The molecular formula is C19H22N2O2. The number of nitrogens with one attached hydrogen (secondary N) is 2. The Balaban J connectivity index is 1.82. The molecular weight excluding hydrogens is 288 g/mol. The van der Waals surface area contributed by atoms with Crippen LogP contribution in [0.25, 0.3) is 0 Å². The van der Waals surface area contributed by atoms with Gasteiger partial charge in [0.2, 0.25) is 5.91 Å². The monoisotopic (exact) mass is 310 g/mol. The molecule has 0 aliphatic rings. The number of aryl methyl sites for hydroxylation is 2. The van der Waals surface area contributed by atoms with Crippen LogP contribution in [0.3, 0.4) is 0 Å². The SMILES string of the molecule is CCc1ccccc1NC(=O)CCNC(=O)c1cccc(C)c1. The fourth-order valence-corrected chi connectivity index (χ4v) is 2.34. The van der Waals surface area contributed by atoms with E-state index in [0.717, 1.165) is 23.2 Å². The summed E-state index contributed by atoms with van der Waals surface area (Å²) in [5.41, 5.74) is 3.59. The molecule has 0 fully saturated rings. The van der Waals surface area contributed by atoms with Crippen LogP contribution in [-0.4, -0.2) is 18.4 Å². The van der Waals surface area contributed by atoms with Gasteiger partial charge >= 0.3 is 0 Å². The number of benzene rings is 2. The van der Waals surface area contributed by atoms with Gasteiger partial charge in [-0.15, -0.1) is 0 Å². The van der Waals surface area contributed by atoms with Gasteiger partial charge in [-0.3, -0.25) is 9.59 Å². The van der Waals surface area contributed by atoms with E-state index < -0.39 is 0 Å². The van der Waals surface area contributed by atoms with Crippen LogP contribution in [0.2, 0.25) is 0 Å². The predicted molar refractivity (Wildman–Crippen MR) is 92.6 cm³/mol. The molecule has 0 saturated carbocycles. The second-order valence-electron chi connectivity index (χ2n) is 5.43. The van der Waals surface area contributed by atoms with Gasteiger partial charge in [-0.25, -0.2) is 0 Å². The summed E-state index contributed by atoms with van der Waals surface area (Å²) >= 11 is 0. The Labute approximate surface area is 136 Å². The van der Waals surface area contributed by atoms with Gasteiger partial charge in [0, 0.05) is 24.2 Å². The van der Waals surface area contributed by atoms with E-state index in [4.69, 9.17) is 0 Å². The Bertz CT molecular complexity index is 695. The summed E-state index contributed by atoms with van der Waals surface area (Å²) < 4.78 is 0. The zero-order valence-corrected chi connectivity index (χ0v) is 13.6. The van der Waals surface area contributed by atoms with Gasteiger partial charge in [0.05, 0.1) is 0 Å². The molecule has 0 unspecified atom stereocenters. The number of rotatable bonds is 6. The molecule has 0 aliphatic heterocycles. The van der Waals surface area contributed by atoms with Gasteiger partial charge < -0.3 is 10.6 Å². The van der Waals surface area contributed by atoms with E-state index >= 15 is 0 Å². The Morgan fingerprint density at radius 2 is 1.83 bits per heavy atom. The first-order valence-electron chi connectivity index (χ1n) is 7.82. The lowest BCUT2D eigenvalue weighted by atomic mass is 10.1. The summed E-state index contributed by atoms with van der Waals surface area (Å²) in [6.45, 7) is 4.30. The predicted octanol–water partition coefficient (Wildman–Crippen LogP) is 3.32. The quantitative estimate of drug-likeness (QED) is 0.860. The van der Waals surface area contributed by atoms with Crippen LogP contribution in [0.1, 0.15) is 34.8 Å². The Morgan fingerprint density at radius 1 is 1.04 bits per heavy atom. The van der Waals surface area contributed by atoms with E-state index in [0.29, 0.717) is 12.1 Å². The maximum atomic E-state index is 12.0. The third kappa shape index (κ3) is 4.95. The van der Waals surface area contributed by atoms with E-state index in [1.807, 2.05) is 56.3 Å². The van der Waals surface area contributed by atoms with Crippen molar-refractivity contribution >= 4 is 17.5 Å². The van der Waals surface area contributed by atoms with Crippen molar-refractivity contribution in [1.29, 1.82) is 0 Å². The van der Waals surface area contributed by atoms with Crippen molar-refractivity contribution in [2.75, 3.05) is 11.9 Å². The molecule has 0 saturated heterocycles. The van der Waals surface area contributed by atoms with Gasteiger partial charge in [0.25, 0.3) is 5.91 Å². The highest BCUT2D eigenvalue weighted by atomic mass is 16.2. The first-order valence-corrected chi connectivity index (χ1v) is 7.82. The number of hydrogen-bond acceptors (Lipinski definition) is 2. The van der Waals surface area contributed by atoms with Gasteiger partial charge in [-0.1, -0.05) is 42.8 Å². The highest BCUT2D eigenvalue weighted by Crippen LogP contribution is 2.15. The average molecular weight is 310 g/mol. The molecule has 0 aromatic heterocycles. The van der Waals surface area contributed by atoms with Crippen LogP contribution in [-0.2, 0) is 11.2 Å².